The number of esters is 1. The molecule has 1 aromatic carbocycles. The Kier molecular flexibility index (Phi) is 5.24. The normalized spacial score (nSPS) is 15.1. The SMILES string of the molecule is COC(=O)c1cc2c(Cl)c(N3CCN(C(=O)OC(C)(C)C)CC3)ccc2o1. The van der Waals surface area contributed by atoms with Crippen molar-refractivity contribution in [1.82, 2.24) is 4.90 Å². The van der Waals surface area contributed by atoms with Crippen molar-refractivity contribution >= 4 is 40.3 Å². The van der Waals surface area contributed by atoms with Gasteiger partial charge in [0.15, 0.2) is 0 Å². The Balaban J connectivity index is 1.74. The average molecular weight is 395 g/mol. The van der Waals surface area contributed by atoms with Crippen molar-refractivity contribution in [3.05, 3.63) is 29.0 Å². The van der Waals surface area contributed by atoms with Gasteiger partial charge in [-0.05, 0) is 32.9 Å². The monoisotopic (exact) mass is 394 g/mol. The van der Waals surface area contributed by atoms with E-state index in [9.17, 15) is 9.59 Å². The number of furan rings is 1. The molecule has 0 bridgehead atoms. The third kappa shape index (κ3) is 4.13. The molecule has 0 saturated carbocycles. The summed E-state index contributed by atoms with van der Waals surface area (Å²) in [5, 5.41) is 1.17. The molecule has 1 fully saturated rings. The minimum Gasteiger partial charge on any atom is -0.463 e. The van der Waals surface area contributed by atoms with Gasteiger partial charge in [0.1, 0.15) is 11.2 Å². The van der Waals surface area contributed by atoms with E-state index in [2.05, 4.69) is 9.64 Å². The first-order valence-electron chi connectivity index (χ1n) is 8.73. The summed E-state index contributed by atoms with van der Waals surface area (Å²) in [4.78, 5) is 27.7. The molecule has 0 atom stereocenters. The predicted molar refractivity (Wildman–Crippen MR) is 103 cm³/mol. The van der Waals surface area contributed by atoms with Crippen LogP contribution in [0.1, 0.15) is 31.3 Å². The molecule has 27 heavy (non-hydrogen) atoms. The van der Waals surface area contributed by atoms with Crippen LogP contribution in [0.25, 0.3) is 11.0 Å². The molecule has 0 aliphatic carbocycles. The summed E-state index contributed by atoms with van der Waals surface area (Å²) in [6.07, 6.45) is -0.304. The van der Waals surface area contributed by atoms with Crippen molar-refractivity contribution in [3.63, 3.8) is 0 Å². The van der Waals surface area contributed by atoms with Crippen LogP contribution < -0.4 is 4.90 Å². The highest BCUT2D eigenvalue weighted by molar-refractivity contribution is 6.38. The third-order valence-corrected chi connectivity index (χ3v) is 4.67. The van der Waals surface area contributed by atoms with Crippen LogP contribution in [0.15, 0.2) is 22.6 Å². The van der Waals surface area contributed by atoms with E-state index in [1.807, 2.05) is 26.8 Å². The van der Waals surface area contributed by atoms with E-state index in [-0.39, 0.29) is 11.9 Å². The summed E-state index contributed by atoms with van der Waals surface area (Å²) < 4.78 is 15.6. The number of anilines is 1. The summed E-state index contributed by atoms with van der Waals surface area (Å²) in [6, 6.07) is 5.23. The average Bonchev–Trinajstić information content (AvgIpc) is 3.05. The number of hydrogen-bond donors (Lipinski definition) is 0. The van der Waals surface area contributed by atoms with Crippen LogP contribution in [0, 0.1) is 0 Å². The van der Waals surface area contributed by atoms with E-state index < -0.39 is 11.6 Å². The number of amides is 1. The molecule has 1 aromatic heterocycles. The molecular formula is C19H23ClN2O5. The van der Waals surface area contributed by atoms with E-state index in [1.54, 1.807) is 17.0 Å². The number of fused-ring (bicyclic) bond motifs is 1. The van der Waals surface area contributed by atoms with E-state index in [0.717, 1.165) is 5.69 Å². The fraction of sp³-hybridized carbons (Fsp3) is 0.474. The Hall–Kier alpha value is -2.41. The summed E-state index contributed by atoms with van der Waals surface area (Å²) in [5.74, 6) is -0.434. The Bertz CT molecular complexity index is 863. The molecule has 3 rings (SSSR count). The van der Waals surface area contributed by atoms with Gasteiger partial charge in [0.2, 0.25) is 5.76 Å². The molecule has 146 valence electrons. The van der Waals surface area contributed by atoms with Gasteiger partial charge in [-0.25, -0.2) is 9.59 Å². The molecule has 1 aliphatic rings. The molecule has 8 heteroatoms. The zero-order valence-electron chi connectivity index (χ0n) is 15.9. The van der Waals surface area contributed by atoms with Gasteiger partial charge in [0, 0.05) is 37.6 Å². The third-order valence-electron chi connectivity index (χ3n) is 4.27. The molecule has 0 radical (unpaired) electrons. The molecule has 1 amide bonds. The summed E-state index contributed by atoms with van der Waals surface area (Å²) in [7, 11) is 1.30. The molecule has 0 unspecified atom stereocenters. The molecule has 2 heterocycles. The first kappa shape index (κ1) is 19.4. The van der Waals surface area contributed by atoms with E-state index in [0.29, 0.717) is 42.2 Å². The standard InChI is InChI=1S/C19H23ClN2O5/c1-19(2,3)27-18(24)22-9-7-21(8-10-22)13-5-6-14-12(16(13)20)11-15(26-14)17(23)25-4/h5-6,11H,7-10H2,1-4H3. The van der Waals surface area contributed by atoms with Crippen LogP contribution in [0.3, 0.4) is 0 Å². The van der Waals surface area contributed by atoms with Gasteiger partial charge in [-0.2, -0.15) is 0 Å². The van der Waals surface area contributed by atoms with E-state index >= 15 is 0 Å². The van der Waals surface area contributed by atoms with Crippen molar-refractivity contribution in [2.24, 2.45) is 0 Å². The quantitative estimate of drug-likeness (QED) is 0.718. The number of rotatable bonds is 2. The van der Waals surface area contributed by atoms with Gasteiger partial charge < -0.3 is 23.7 Å². The van der Waals surface area contributed by atoms with Crippen LogP contribution >= 0.6 is 11.6 Å². The number of carbonyl (C=O) groups is 2. The van der Waals surface area contributed by atoms with Gasteiger partial charge in [-0.1, -0.05) is 11.6 Å². The Labute approximate surface area is 162 Å². The number of benzene rings is 1. The molecule has 0 N–H and O–H groups in total. The van der Waals surface area contributed by atoms with Gasteiger partial charge in [-0.15, -0.1) is 0 Å². The van der Waals surface area contributed by atoms with Crippen LogP contribution in [0.4, 0.5) is 10.5 Å². The number of carbonyl (C=O) groups excluding carboxylic acids is 2. The molecule has 0 spiro atoms. The smallest absolute Gasteiger partial charge is 0.410 e. The number of nitrogens with zero attached hydrogens (tertiary/aromatic N) is 2. The maximum atomic E-state index is 12.2. The summed E-state index contributed by atoms with van der Waals surface area (Å²) >= 11 is 6.56. The van der Waals surface area contributed by atoms with Crippen molar-refractivity contribution < 1.29 is 23.5 Å². The Morgan fingerprint density at radius 3 is 2.41 bits per heavy atom. The highest BCUT2D eigenvalue weighted by Crippen LogP contribution is 2.36. The van der Waals surface area contributed by atoms with E-state index in [4.69, 9.17) is 20.8 Å². The van der Waals surface area contributed by atoms with Gasteiger partial charge in [0.05, 0.1) is 17.8 Å². The van der Waals surface area contributed by atoms with Gasteiger partial charge in [0.25, 0.3) is 0 Å². The lowest BCUT2D eigenvalue weighted by Gasteiger charge is -2.37. The molecule has 7 nitrogen and oxygen atoms in total. The number of ether oxygens (including phenoxy) is 2. The number of halogens is 1. The fourth-order valence-corrected chi connectivity index (χ4v) is 3.30. The first-order valence-corrected chi connectivity index (χ1v) is 9.10. The zero-order valence-corrected chi connectivity index (χ0v) is 16.6. The van der Waals surface area contributed by atoms with Crippen molar-refractivity contribution in [3.8, 4) is 0 Å². The lowest BCUT2D eigenvalue weighted by atomic mass is 10.2. The largest absolute Gasteiger partial charge is 0.463 e. The topological polar surface area (TPSA) is 72.2 Å². The van der Waals surface area contributed by atoms with Crippen LogP contribution in [0.2, 0.25) is 5.02 Å². The predicted octanol–water partition coefficient (Wildman–Crippen LogP) is 3.93. The molecule has 1 saturated heterocycles. The number of piperazine rings is 1. The van der Waals surface area contributed by atoms with Crippen LogP contribution in [-0.4, -0.2) is 55.9 Å². The van der Waals surface area contributed by atoms with Crippen LogP contribution in [0.5, 0.6) is 0 Å². The second kappa shape index (κ2) is 7.31. The minimum absolute atomic E-state index is 0.112. The second-order valence-corrected chi connectivity index (χ2v) is 7.75. The molecule has 1 aliphatic heterocycles. The highest BCUT2D eigenvalue weighted by Gasteiger charge is 2.27. The summed E-state index contributed by atoms with van der Waals surface area (Å²) in [6.45, 7) is 7.90. The highest BCUT2D eigenvalue weighted by atomic mass is 35.5. The zero-order chi connectivity index (χ0) is 19.8. The van der Waals surface area contributed by atoms with Crippen molar-refractivity contribution in [1.29, 1.82) is 0 Å². The minimum atomic E-state index is -0.546. The molecular weight excluding hydrogens is 372 g/mol. The number of methoxy groups -OCH3 is 1. The van der Waals surface area contributed by atoms with Crippen LogP contribution in [-0.2, 0) is 9.47 Å². The summed E-state index contributed by atoms with van der Waals surface area (Å²) in [5.41, 5.74) is 0.850. The van der Waals surface area contributed by atoms with Crippen molar-refractivity contribution in [2.45, 2.75) is 26.4 Å². The van der Waals surface area contributed by atoms with Crippen molar-refractivity contribution in [2.75, 3.05) is 38.2 Å². The maximum Gasteiger partial charge on any atom is 0.410 e. The number of hydrogen-bond acceptors (Lipinski definition) is 6. The van der Waals surface area contributed by atoms with Gasteiger partial charge in [-0.3, -0.25) is 0 Å². The Morgan fingerprint density at radius 1 is 1.15 bits per heavy atom. The Morgan fingerprint density at radius 2 is 1.81 bits per heavy atom. The fourth-order valence-electron chi connectivity index (χ4n) is 2.97. The lowest BCUT2D eigenvalue weighted by Crippen LogP contribution is -2.50. The van der Waals surface area contributed by atoms with E-state index in [1.165, 1.54) is 7.11 Å². The first-order chi connectivity index (χ1) is 12.7. The van der Waals surface area contributed by atoms with Gasteiger partial charge >= 0.3 is 12.1 Å². The maximum absolute atomic E-state index is 12.2. The second-order valence-electron chi connectivity index (χ2n) is 7.37. The molecule has 2 aromatic rings. The lowest BCUT2D eigenvalue weighted by molar-refractivity contribution is 0.0240.